The molecule has 0 aliphatic heterocycles. The number of amides is 1. The molecule has 2 aromatic carbocycles. The number of benzene rings is 2. The molecule has 2 rings (SSSR count). The smallest absolute Gasteiger partial charge is 0.299 e. The van der Waals surface area contributed by atoms with Crippen molar-refractivity contribution in [2.75, 3.05) is 5.32 Å². The molecule has 0 unspecified atom stereocenters. The average Bonchev–Trinajstić information content (AvgIpc) is 2.54. The Kier molecular flexibility index (Phi) is 4.68. The summed E-state index contributed by atoms with van der Waals surface area (Å²) in [6.07, 6.45) is 0. The molecule has 0 radical (unpaired) electrons. The maximum absolute atomic E-state index is 12.2. The Labute approximate surface area is 139 Å². The molecule has 1 amide bonds. The molecule has 11 nitrogen and oxygen atoms in total. The van der Waals surface area contributed by atoms with Crippen molar-refractivity contribution < 1.29 is 19.6 Å². The van der Waals surface area contributed by atoms with Crippen molar-refractivity contribution in [2.24, 2.45) is 0 Å². The van der Waals surface area contributed by atoms with Gasteiger partial charge in [0.2, 0.25) is 0 Å². The van der Waals surface area contributed by atoms with Gasteiger partial charge in [-0.2, -0.15) is 0 Å². The maximum Gasteiger partial charge on any atom is 0.299 e. The lowest BCUT2D eigenvalue weighted by Crippen LogP contribution is -2.13. The van der Waals surface area contributed by atoms with Gasteiger partial charge in [-0.05, 0) is 19.1 Å². The van der Waals surface area contributed by atoms with Gasteiger partial charge in [0.05, 0.1) is 20.8 Å². The fourth-order valence-electron chi connectivity index (χ4n) is 2.03. The monoisotopic (exact) mass is 346 g/mol. The van der Waals surface area contributed by atoms with Crippen LogP contribution in [0.15, 0.2) is 36.4 Å². The van der Waals surface area contributed by atoms with Crippen LogP contribution in [-0.2, 0) is 0 Å². The third kappa shape index (κ3) is 3.72. The van der Waals surface area contributed by atoms with Crippen LogP contribution in [0.5, 0.6) is 0 Å². The van der Waals surface area contributed by atoms with Crippen LogP contribution < -0.4 is 5.32 Å². The van der Waals surface area contributed by atoms with E-state index in [1.807, 2.05) is 0 Å². The van der Waals surface area contributed by atoms with Crippen LogP contribution >= 0.6 is 0 Å². The number of aryl methyl sites for hydroxylation is 1. The summed E-state index contributed by atoms with van der Waals surface area (Å²) in [5.41, 5.74) is -1.43. The number of nitrogens with zero attached hydrogens (tertiary/aromatic N) is 3. The Morgan fingerprint density at radius 3 is 2.08 bits per heavy atom. The number of rotatable bonds is 5. The molecule has 2 aromatic rings. The Bertz CT molecular complexity index is 910. The van der Waals surface area contributed by atoms with Gasteiger partial charge in [0.25, 0.3) is 23.0 Å². The second-order valence-electron chi connectivity index (χ2n) is 4.93. The van der Waals surface area contributed by atoms with Crippen LogP contribution in [0.25, 0.3) is 0 Å². The Hall–Kier alpha value is -3.89. The molecule has 0 atom stereocenters. The quantitative estimate of drug-likeness (QED) is 0.643. The van der Waals surface area contributed by atoms with Gasteiger partial charge < -0.3 is 5.32 Å². The summed E-state index contributed by atoms with van der Waals surface area (Å²) < 4.78 is 0. The van der Waals surface area contributed by atoms with Crippen molar-refractivity contribution in [3.8, 4) is 0 Å². The van der Waals surface area contributed by atoms with E-state index in [1.165, 1.54) is 19.1 Å². The second-order valence-corrected chi connectivity index (χ2v) is 4.93. The molecule has 0 bridgehead atoms. The summed E-state index contributed by atoms with van der Waals surface area (Å²) in [5.74, 6) is -0.819. The van der Waals surface area contributed by atoms with Crippen molar-refractivity contribution in [1.29, 1.82) is 0 Å². The second kappa shape index (κ2) is 6.70. The number of carbonyl (C=O) groups excluding carboxylic acids is 1. The lowest BCUT2D eigenvalue weighted by atomic mass is 10.1. The van der Waals surface area contributed by atoms with Crippen LogP contribution in [-0.4, -0.2) is 20.7 Å². The third-order valence-electron chi connectivity index (χ3n) is 3.31. The predicted octanol–water partition coefficient (Wildman–Crippen LogP) is 2.97. The standard InChI is InChI=1S/C14H10N4O7/c1-8-2-3-9(6-12(8)17(22)23)14(19)15-11-5-4-10(16(20)21)7-13(11)18(24)25/h2-7H,1H3,(H,15,19). The first-order valence-electron chi connectivity index (χ1n) is 6.70. The highest BCUT2D eigenvalue weighted by molar-refractivity contribution is 6.06. The molecular formula is C14H10N4O7. The molecule has 1 N–H and O–H groups in total. The van der Waals surface area contributed by atoms with Crippen LogP contribution in [0, 0.1) is 37.3 Å². The van der Waals surface area contributed by atoms with E-state index in [4.69, 9.17) is 0 Å². The topological polar surface area (TPSA) is 159 Å². The number of hydrogen-bond donors (Lipinski definition) is 1. The van der Waals surface area contributed by atoms with Crippen LogP contribution in [0.1, 0.15) is 15.9 Å². The molecule has 25 heavy (non-hydrogen) atoms. The van der Waals surface area contributed by atoms with Gasteiger partial charge >= 0.3 is 0 Å². The molecule has 0 spiro atoms. The number of nitrogens with one attached hydrogen (secondary N) is 1. The summed E-state index contributed by atoms with van der Waals surface area (Å²) >= 11 is 0. The lowest BCUT2D eigenvalue weighted by molar-refractivity contribution is -0.393. The molecule has 0 fully saturated rings. The number of carbonyl (C=O) groups is 1. The van der Waals surface area contributed by atoms with Crippen molar-refractivity contribution in [1.82, 2.24) is 0 Å². The Morgan fingerprint density at radius 2 is 1.52 bits per heavy atom. The molecule has 0 aliphatic rings. The van der Waals surface area contributed by atoms with Crippen molar-refractivity contribution in [3.05, 3.63) is 77.9 Å². The van der Waals surface area contributed by atoms with E-state index in [2.05, 4.69) is 5.32 Å². The number of non-ortho nitro benzene ring substituents is 1. The zero-order valence-electron chi connectivity index (χ0n) is 12.7. The highest BCUT2D eigenvalue weighted by Crippen LogP contribution is 2.29. The minimum atomic E-state index is -0.875. The molecule has 11 heteroatoms. The fourth-order valence-corrected chi connectivity index (χ4v) is 2.03. The SMILES string of the molecule is Cc1ccc(C(=O)Nc2ccc([N+](=O)[O-])cc2[N+](=O)[O-])cc1[N+](=O)[O-]. The Balaban J connectivity index is 2.38. The van der Waals surface area contributed by atoms with Gasteiger partial charge in [0.15, 0.2) is 0 Å². The van der Waals surface area contributed by atoms with E-state index in [1.54, 1.807) is 0 Å². The highest BCUT2D eigenvalue weighted by Gasteiger charge is 2.22. The first-order valence-corrected chi connectivity index (χ1v) is 6.70. The lowest BCUT2D eigenvalue weighted by Gasteiger charge is -2.07. The van der Waals surface area contributed by atoms with E-state index >= 15 is 0 Å². The molecule has 0 aromatic heterocycles. The molecule has 0 heterocycles. The van der Waals surface area contributed by atoms with E-state index in [0.29, 0.717) is 11.6 Å². The van der Waals surface area contributed by atoms with Gasteiger partial charge in [-0.15, -0.1) is 0 Å². The van der Waals surface area contributed by atoms with Gasteiger partial charge in [-0.3, -0.25) is 35.1 Å². The first kappa shape index (κ1) is 17.5. The van der Waals surface area contributed by atoms with E-state index < -0.39 is 32.1 Å². The molecule has 128 valence electrons. The number of nitro groups is 3. The van der Waals surface area contributed by atoms with Crippen LogP contribution in [0.4, 0.5) is 22.7 Å². The molecule has 0 saturated carbocycles. The summed E-state index contributed by atoms with van der Waals surface area (Å²) in [6.45, 7) is 1.50. The average molecular weight is 346 g/mol. The summed E-state index contributed by atoms with van der Waals surface area (Å²) in [6, 6.07) is 6.48. The Morgan fingerprint density at radius 1 is 0.880 bits per heavy atom. The number of hydrogen-bond acceptors (Lipinski definition) is 7. The molecule has 0 saturated heterocycles. The van der Waals surface area contributed by atoms with Crippen molar-refractivity contribution >= 4 is 28.7 Å². The van der Waals surface area contributed by atoms with Gasteiger partial charge in [0.1, 0.15) is 5.69 Å². The van der Waals surface area contributed by atoms with Gasteiger partial charge in [-0.1, -0.05) is 6.07 Å². The van der Waals surface area contributed by atoms with E-state index in [-0.39, 0.29) is 16.9 Å². The van der Waals surface area contributed by atoms with Crippen molar-refractivity contribution in [2.45, 2.75) is 6.92 Å². The fraction of sp³-hybridized carbons (Fsp3) is 0.0714. The molecular weight excluding hydrogens is 336 g/mol. The minimum absolute atomic E-state index is 0.0787. The zero-order chi connectivity index (χ0) is 18.7. The zero-order valence-corrected chi connectivity index (χ0v) is 12.7. The van der Waals surface area contributed by atoms with E-state index in [0.717, 1.165) is 18.2 Å². The predicted molar refractivity (Wildman–Crippen MR) is 85.5 cm³/mol. The number of anilines is 1. The highest BCUT2D eigenvalue weighted by atomic mass is 16.6. The summed E-state index contributed by atoms with van der Waals surface area (Å²) in [7, 11) is 0. The largest absolute Gasteiger partial charge is 0.316 e. The van der Waals surface area contributed by atoms with Gasteiger partial charge in [-0.25, -0.2) is 0 Å². The normalized spacial score (nSPS) is 10.1. The molecule has 0 aliphatic carbocycles. The first-order chi connectivity index (χ1) is 11.7. The maximum atomic E-state index is 12.2. The number of nitro benzene ring substituents is 3. The third-order valence-corrected chi connectivity index (χ3v) is 3.31. The van der Waals surface area contributed by atoms with Crippen molar-refractivity contribution in [3.63, 3.8) is 0 Å². The summed E-state index contributed by atoms with van der Waals surface area (Å²) in [4.78, 5) is 42.5. The van der Waals surface area contributed by atoms with Crippen LogP contribution in [0.2, 0.25) is 0 Å². The van der Waals surface area contributed by atoms with Gasteiger partial charge in [0, 0.05) is 23.3 Å². The minimum Gasteiger partial charge on any atom is -0.316 e. The summed E-state index contributed by atoms with van der Waals surface area (Å²) in [5, 5.41) is 34.9. The van der Waals surface area contributed by atoms with E-state index in [9.17, 15) is 35.1 Å². The van der Waals surface area contributed by atoms with Crippen LogP contribution in [0.3, 0.4) is 0 Å².